The summed E-state index contributed by atoms with van der Waals surface area (Å²) in [6.07, 6.45) is -2.33. The molecule has 0 saturated carbocycles. The summed E-state index contributed by atoms with van der Waals surface area (Å²) in [5, 5.41) is 16.7. The van der Waals surface area contributed by atoms with Crippen LogP contribution in [0.15, 0.2) is 0 Å². The van der Waals surface area contributed by atoms with Gasteiger partial charge in [-0.25, -0.2) is 0 Å². The third-order valence-corrected chi connectivity index (χ3v) is 0. The standard InChI is InChI=1S/CH2O3.Mn.Ni.H2O/c2-1(3)4;;;/h(H2,2,3,4);;;1H2/q;2*+2;/p-3. The fourth-order valence-corrected chi connectivity index (χ4v) is 0. The molecular weight excluding hydrogens is 190 g/mol. The SMILES string of the molecule is O=C([O-])[O-].[Mn+2].[Ni+2].[OH-]. The molecule has 0 fully saturated rings. The van der Waals surface area contributed by atoms with Gasteiger partial charge in [-0.1, -0.05) is 0 Å². The summed E-state index contributed by atoms with van der Waals surface area (Å²) in [4.78, 5) is 8.33. The maximum atomic E-state index is 8.33. The van der Waals surface area contributed by atoms with Gasteiger partial charge in [0.25, 0.3) is 0 Å². The molecule has 4 nitrogen and oxygen atoms in total. The second-order valence-electron chi connectivity index (χ2n) is 0.250. The van der Waals surface area contributed by atoms with Gasteiger partial charge in [0, 0.05) is 0 Å². The molecule has 0 aliphatic heterocycles. The van der Waals surface area contributed by atoms with Crippen molar-refractivity contribution in [3.8, 4) is 0 Å². The van der Waals surface area contributed by atoms with Crippen LogP contribution in [0.4, 0.5) is 4.79 Å². The minimum Gasteiger partial charge on any atom is -0.870 e. The first-order valence-corrected chi connectivity index (χ1v) is 0.612. The van der Waals surface area contributed by atoms with Crippen LogP contribution in [0, 0.1) is 0 Å². The van der Waals surface area contributed by atoms with E-state index in [0.29, 0.717) is 0 Å². The van der Waals surface area contributed by atoms with E-state index in [4.69, 9.17) is 15.0 Å². The molecule has 0 spiro atoms. The Morgan fingerprint density at radius 2 is 1.29 bits per heavy atom. The van der Waals surface area contributed by atoms with Crippen molar-refractivity contribution >= 4 is 6.16 Å². The molecule has 0 unspecified atom stereocenters. The van der Waals surface area contributed by atoms with E-state index in [2.05, 4.69) is 0 Å². The Morgan fingerprint density at radius 1 is 1.29 bits per heavy atom. The van der Waals surface area contributed by atoms with Gasteiger partial charge >= 0.3 is 33.6 Å². The first-order valence-electron chi connectivity index (χ1n) is 0.612. The summed E-state index contributed by atoms with van der Waals surface area (Å²) in [7, 11) is 0. The third kappa shape index (κ3) is 1900. The van der Waals surface area contributed by atoms with Crippen molar-refractivity contribution < 1.29 is 54.0 Å². The Kier molecular flexibility index (Phi) is 62.6. The fraction of sp³-hybridized carbons (Fsp3) is 0. The predicted octanol–water partition coefficient (Wildman–Crippen LogP) is -2.63. The van der Waals surface area contributed by atoms with E-state index < -0.39 is 6.16 Å². The predicted molar refractivity (Wildman–Crippen MR) is 7.33 cm³/mol. The van der Waals surface area contributed by atoms with Crippen LogP contribution < -0.4 is 10.2 Å². The van der Waals surface area contributed by atoms with Crippen molar-refractivity contribution in [3.05, 3.63) is 0 Å². The summed E-state index contributed by atoms with van der Waals surface area (Å²) < 4.78 is 0. The number of carbonyl (C=O) groups excluding carboxylic acids is 1. The third-order valence-electron chi connectivity index (χ3n) is 0. The number of carbonyl (C=O) groups is 1. The molecule has 0 bridgehead atoms. The van der Waals surface area contributed by atoms with Gasteiger partial charge in [0.2, 0.25) is 0 Å². The van der Waals surface area contributed by atoms with Crippen molar-refractivity contribution in [2.45, 2.75) is 0 Å². The van der Waals surface area contributed by atoms with E-state index in [1.807, 2.05) is 0 Å². The first kappa shape index (κ1) is 26.8. The first-order chi connectivity index (χ1) is 1.73. The maximum Gasteiger partial charge on any atom is 2.00 e. The van der Waals surface area contributed by atoms with Crippen molar-refractivity contribution in [2.75, 3.05) is 0 Å². The van der Waals surface area contributed by atoms with Gasteiger partial charge in [0.1, 0.15) is 0 Å². The molecule has 0 amide bonds. The fourth-order valence-electron chi connectivity index (χ4n) is 0. The average Bonchev–Trinajstić information content (AvgIpc) is 0.811. The molecule has 0 aromatic carbocycles. The zero-order valence-corrected chi connectivity index (χ0v) is 5.03. The zero-order valence-electron chi connectivity index (χ0n) is 2.87. The van der Waals surface area contributed by atoms with Crippen LogP contribution in [0.25, 0.3) is 0 Å². The minimum absolute atomic E-state index is 0. The van der Waals surface area contributed by atoms with Crippen LogP contribution >= 0.6 is 0 Å². The number of hydrogen-bond acceptors (Lipinski definition) is 4. The van der Waals surface area contributed by atoms with Crippen LogP contribution in [-0.2, 0) is 33.6 Å². The van der Waals surface area contributed by atoms with Crippen LogP contribution in [0.1, 0.15) is 0 Å². The van der Waals surface area contributed by atoms with E-state index in [0.717, 1.165) is 0 Å². The second-order valence-corrected chi connectivity index (χ2v) is 0.250. The van der Waals surface area contributed by atoms with Gasteiger partial charge in [-0.2, -0.15) is 0 Å². The molecule has 0 rings (SSSR count). The largest absolute Gasteiger partial charge is 2.00 e. The summed E-state index contributed by atoms with van der Waals surface area (Å²) in [6.45, 7) is 0. The van der Waals surface area contributed by atoms with Crippen LogP contribution in [0.5, 0.6) is 0 Å². The van der Waals surface area contributed by atoms with E-state index in [-0.39, 0.29) is 39.0 Å². The van der Waals surface area contributed by atoms with Crippen molar-refractivity contribution in [2.24, 2.45) is 0 Å². The maximum absolute atomic E-state index is 8.33. The van der Waals surface area contributed by atoms with Gasteiger partial charge in [-0.05, 0) is 6.16 Å². The minimum atomic E-state index is -2.33. The van der Waals surface area contributed by atoms with Gasteiger partial charge in [-0.3, -0.25) is 0 Å². The Hall–Kier alpha value is 0.243. The van der Waals surface area contributed by atoms with Crippen molar-refractivity contribution in [1.82, 2.24) is 0 Å². The zero-order chi connectivity index (χ0) is 3.58. The van der Waals surface area contributed by atoms with Gasteiger partial charge in [0.05, 0.1) is 0 Å². The Bertz CT molecular complexity index is 34.7. The number of carboxylic acid groups (broad SMARTS) is 2. The second kappa shape index (κ2) is 16.3. The van der Waals surface area contributed by atoms with Crippen LogP contribution in [0.2, 0.25) is 0 Å². The molecule has 0 aromatic heterocycles. The molecular formula is CHMnNiO4+. The van der Waals surface area contributed by atoms with Crippen molar-refractivity contribution in [1.29, 1.82) is 0 Å². The van der Waals surface area contributed by atoms with E-state index in [1.54, 1.807) is 0 Å². The smallest absolute Gasteiger partial charge is 0.870 e. The quantitative estimate of drug-likeness (QED) is 0.391. The molecule has 0 aromatic rings. The van der Waals surface area contributed by atoms with Crippen molar-refractivity contribution in [3.63, 3.8) is 0 Å². The molecule has 7 heavy (non-hydrogen) atoms. The summed E-state index contributed by atoms with van der Waals surface area (Å²) in [5.41, 5.74) is 0. The molecule has 0 aliphatic rings. The van der Waals surface area contributed by atoms with Crippen LogP contribution in [-0.4, -0.2) is 11.6 Å². The topological polar surface area (TPSA) is 93.2 Å². The van der Waals surface area contributed by atoms with E-state index >= 15 is 0 Å². The Labute approximate surface area is 60.6 Å². The molecule has 0 heterocycles. The molecule has 0 atom stereocenters. The normalized spacial score (nSPS) is 3.43. The Morgan fingerprint density at radius 3 is 1.29 bits per heavy atom. The van der Waals surface area contributed by atoms with Gasteiger partial charge in [-0.15, -0.1) is 0 Å². The molecule has 1 N–H and O–H groups in total. The summed E-state index contributed by atoms with van der Waals surface area (Å²) in [5.74, 6) is 0. The average molecular weight is 191 g/mol. The molecule has 1 radical (unpaired) electrons. The molecule has 6 heteroatoms. The molecule has 0 saturated heterocycles. The number of hydrogen-bond donors (Lipinski definition) is 0. The molecule has 45 valence electrons. The monoisotopic (exact) mass is 190 g/mol. The summed E-state index contributed by atoms with van der Waals surface area (Å²) in [6, 6.07) is 0. The number of rotatable bonds is 0. The van der Waals surface area contributed by atoms with Gasteiger partial charge in [0.15, 0.2) is 0 Å². The van der Waals surface area contributed by atoms with E-state index in [9.17, 15) is 0 Å². The summed E-state index contributed by atoms with van der Waals surface area (Å²) >= 11 is 0. The van der Waals surface area contributed by atoms with Gasteiger partial charge < -0.3 is 20.5 Å². The Balaban J connectivity index is -0.0000000150. The van der Waals surface area contributed by atoms with Crippen LogP contribution in [0.3, 0.4) is 0 Å². The van der Waals surface area contributed by atoms with E-state index in [1.165, 1.54) is 0 Å². The molecule has 0 aliphatic carbocycles.